The van der Waals surface area contributed by atoms with Gasteiger partial charge < -0.3 is 19.4 Å². The first-order valence-electron chi connectivity index (χ1n) is 10.8. The highest BCUT2D eigenvalue weighted by molar-refractivity contribution is 6.01. The number of benzene rings is 3. The van der Waals surface area contributed by atoms with Gasteiger partial charge in [-0.05, 0) is 47.4 Å². The molecule has 1 N–H and O–H groups in total. The van der Waals surface area contributed by atoms with Crippen LogP contribution < -0.4 is 9.47 Å². The van der Waals surface area contributed by atoms with E-state index < -0.39 is 5.97 Å². The Balaban J connectivity index is 1.57. The number of nitrogens with zero attached hydrogens (tertiary/aromatic N) is 2. The van der Waals surface area contributed by atoms with Gasteiger partial charge >= 0.3 is 5.97 Å². The molecule has 34 heavy (non-hydrogen) atoms. The normalized spacial score (nSPS) is 10.9. The van der Waals surface area contributed by atoms with Gasteiger partial charge in [-0.3, -0.25) is 4.79 Å². The summed E-state index contributed by atoms with van der Waals surface area (Å²) in [4.78, 5) is 15.8. The van der Waals surface area contributed by atoms with E-state index in [1.807, 2.05) is 60.7 Å². The summed E-state index contributed by atoms with van der Waals surface area (Å²) >= 11 is 0. The van der Waals surface area contributed by atoms with Crippen LogP contribution in [-0.2, 0) is 29.1 Å². The first-order valence-corrected chi connectivity index (χ1v) is 10.8. The highest BCUT2D eigenvalue weighted by Crippen LogP contribution is 2.22. The fourth-order valence-corrected chi connectivity index (χ4v) is 3.33. The molecule has 0 atom stereocenters. The van der Waals surface area contributed by atoms with Gasteiger partial charge in [-0.1, -0.05) is 53.7 Å². The molecule has 0 aromatic heterocycles. The summed E-state index contributed by atoms with van der Waals surface area (Å²) in [5.74, 6) is 0.466. The minimum Gasteiger partial charge on any atom is -0.489 e. The Kier molecular flexibility index (Phi) is 9.06. The molecule has 0 fully saturated rings. The lowest BCUT2D eigenvalue weighted by atomic mass is 10.0. The summed E-state index contributed by atoms with van der Waals surface area (Å²) in [6.07, 6.45) is 0.613. The van der Waals surface area contributed by atoms with E-state index in [4.69, 9.17) is 24.7 Å². The SMILES string of the molecule is CON=C(COc1ccc(COc2ccc(CCC(=O)O)c(CC#N)c2)cc1)c1ccccc1. The van der Waals surface area contributed by atoms with Gasteiger partial charge in [0.2, 0.25) is 0 Å². The molecule has 0 aliphatic rings. The second-order valence-electron chi connectivity index (χ2n) is 7.47. The van der Waals surface area contributed by atoms with Crippen LogP contribution in [0.25, 0.3) is 0 Å². The summed E-state index contributed by atoms with van der Waals surface area (Å²) in [5.41, 5.74) is 4.22. The molecule has 3 aromatic carbocycles. The number of carbonyl (C=O) groups is 1. The van der Waals surface area contributed by atoms with Gasteiger partial charge in [-0.2, -0.15) is 5.26 Å². The van der Waals surface area contributed by atoms with Crippen LogP contribution in [0.4, 0.5) is 0 Å². The Bertz CT molecular complexity index is 1150. The molecule has 0 aliphatic carbocycles. The molecule has 174 valence electrons. The van der Waals surface area contributed by atoms with Crippen molar-refractivity contribution in [1.29, 1.82) is 5.26 Å². The van der Waals surface area contributed by atoms with Crippen molar-refractivity contribution < 1.29 is 24.2 Å². The zero-order valence-corrected chi connectivity index (χ0v) is 18.9. The minimum absolute atomic E-state index is 0.0250. The van der Waals surface area contributed by atoms with Crippen LogP contribution >= 0.6 is 0 Å². The van der Waals surface area contributed by atoms with Gasteiger partial charge in [0.25, 0.3) is 0 Å². The Morgan fingerprint density at radius 1 is 0.971 bits per heavy atom. The molecule has 0 spiro atoms. The monoisotopic (exact) mass is 458 g/mol. The van der Waals surface area contributed by atoms with Crippen molar-refractivity contribution in [3.63, 3.8) is 0 Å². The largest absolute Gasteiger partial charge is 0.489 e. The minimum atomic E-state index is -0.863. The smallest absolute Gasteiger partial charge is 0.303 e. The van der Waals surface area contributed by atoms with E-state index in [0.29, 0.717) is 30.2 Å². The number of hydrogen-bond donors (Lipinski definition) is 1. The number of carboxylic acids is 1. The highest BCUT2D eigenvalue weighted by atomic mass is 16.6. The molecule has 3 rings (SSSR count). The molecule has 3 aromatic rings. The number of aryl methyl sites for hydroxylation is 1. The lowest BCUT2D eigenvalue weighted by molar-refractivity contribution is -0.136. The summed E-state index contributed by atoms with van der Waals surface area (Å²) < 4.78 is 11.7. The van der Waals surface area contributed by atoms with Crippen LogP contribution in [0.2, 0.25) is 0 Å². The molecule has 0 saturated heterocycles. The Hall–Kier alpha value is -4.31. The number of hydrogen-bond acceptors (Lipinski definition) is 6. The first kappa shape index (κ1) is 24.3. The van der Waals surface area contributed by atoms with Gasteiger partial charge in [0.1, 0.15) is 37.5 Å². The second-order valence-corrected chi connectivity index (χ2v) is 7.47. The molecule has 0 unspecified atom stereocenters. The zero-order chi connectivity index (χ0) is 24.2. The molecule has 0 radical (unpaired) electrons. The van der Waals surface area contributed by atoms with Crippen molar-refractivity contribution >= 4 is 11.7 Å². The average Bonchev–Trinajstić information content (AvgIpc) is 2.86. The molecule has 0 aliphatic heterocycles. The number of ether oxygens (including phenoxy) is 2. The lowest BCUT2D eigenvalue weighted by Crippen LogP contribution is -2.13. The average molecular weight is 459 g/mol. The number of carboxylic acid groups (broad SMARTS) is 1. The number of aliphatic carboxylic acids is 1. The van der Waals surface area contributed by atoms with Crippen LogP contribution in [0.1, 0.15) is 28.7 Å². The summed E-state index contributed by atoms with van der Waals surface area (Å²) in [6, 6.07) is 24.8. The zero-order valence-electron chi connectivity index (χ0n) is 18.9. The van der Waals surface area contributed by atoms with E-state index in [1.165, 1.54) is 7.11 Å². The topological polar surface area (TPSA) is 101 Å². The van der Waals surface area contributed by atoms with Crippen molar-refractivity contribution in [2.24, 2.45) is 5.16 Å². The predicted octanol–water partition coefficient (Wildman–Crippen LogP) is 4.78. The molecule has 0 saturated carbocycles. The third-order valence-electron chi connectivity index (χ3n) is 5.07. The van der Waals surface area contributed by atoms with E-state index >= 15 is 0 Å². The first-order chi connectivity index (χ1) is 16.6. The summed E-state index contributed by atoms with van der Waals surface area (Å²) in [6.45, 7) is 0.616. The second kappa shape index (κ2) is 12.7. The molecule has 0 heterocycles. The van der Waals surface area contributed by atoms with Gasteiger partial charge in [0.15, 0.2) is 0 Å². The lowest BCUT2D eigenvalue weighted by Gasteiger charge is -2.12. The molecule has 0 amide bonds. The van der Waals surface area contributed by atoms with E-state index in [0.717, 1.165) is 22.3 Å². The molecular weight excluding hydrogens is 432 g/mol. The fraction of sp³-hybridized carbons (Fsp3) is 0.222. The van der Waals surface area contributed by atoms with Gasteiger partial charge in [-0.25, -0.2) is 0 Å². The van der Waals surface area contributed by atoms with Crippen LogP contribution in [0.3, 0.4) is 0 Å². The Morgan fingerprint density at radius 3 is 2.38 bits per heavy atom. The predicted molar refractivity (Wildman–Crippen MR) is 128 cm³/mol. The standard InChI is InChI=1S/C27H26N2O5/c1-32-29-26(22-5-3-2-4-6-22)19-34-24-11-7-20(8-12-24)18-33-25-13-9-21(10-14-27(30)31)23(17-25)15-16-28/h2-9,11-13,17H,10,14-15,18-19H2,1H3,(H,30,31). The maximum absolute atomic E-state index is 10.9. The number of nitriles is 1. The summed E-state index contributed by atoms with van der Waals surface area (Å²) in [7, 11) is 1.50. The number of oxime groups is 1. The molecule has 0 bridgehead atoms. The number of rotatable bonds is 12. The highest BCUT2D eigenvalue weighted by Gasteiger charge is 2.09. The van der Waals surface area contributed by atoms with Crippen LogP contribution in [0.5, 0.6) is 11.5 Å². The van der Waals surface area contributed by atoms with Gasteiger partial charge in [0.05, 0.1) is 12.5 Å². The van der Waals surface area contributed by atoms with Crippen LogP contribution in [-0.4, -0.2) is 30.5 Å². The van der Waals surface area contributed by atoms with Crippen molar-refractivity contribution in [2.45, 2.75) is 25.9 Å². The van der Waals surface area contributed by atoms with Crippen molar-refractivity contribution in [3.05, 3.63) is 95.1 Å². The van der Waals surface area contributed by atoms with Gasteiger partial charge in [0, 0.05) is 12.0 Å². The van der Waals surface area contributed by atoms with E-state index in [2.05, 4.69) is 11.2 Å². The van der Waals surface area contributed by atoms with E-state index in [-0.39, 0.29) is 19.4 Å². The molecule has 7 heteroatoms. The quantitative estimate of drug-likeness (QED) is 0.310. The Morgan fingerprint density at radius 2 is 1.71 bits per heavy atom. The summed E-state index contributed by atoms with van der Waals surface area (Å²) in [5, 5.41) is 22.1. The molecule has 7 nitrogen and oxygen atoms in total. The maximum Gasteiger partial charge on any atom is 0.303 e. The van der Waals surface area contributed by atoms with Crippen LogP contribution in [0.15, 0.2) is 78.0 Å². The van der Waals surface area contributed by atoms with Crippen molar-refractivity contribution in [2.75, 3.05) is 13.7 Å². The third-order valence-corrected chi connectivity index (χ3v) is 5.07. The molecular formula is C27H26N2O5. The van der Waals surface area contributed by atoms with E-state index in [1.54, 1.807) is 12.1 Å². The Labute approximate surface area is 198 Å². The third kappa shape index (κ3) is 7.38. The maximum atomic E-state index is 10.9. The van der Waals surface area contributed by atoms with Crippen molar-refractivity contribution in [3.8, 4) is 17.6 Å². The van der Waals surface area contributed by atoms with E-state index in [9.17, 15) is 4.79 Å². The fourth-order valence-electron chi connectivity index (χ4n) is 3.33. The van der Waals surface area contributed by atoms with Gasteiger partial charge in [-0.15, -0.1) is 0 Å². The van der Waals surface area contributed by atoms with Crippen molar-refractivity contribution in [1.82, 2.24) is 0 Å². The van der Waals surface area contributed by atoms with Crippen LogP contribution in [0, 0.1) is 11.3 Å².